The average Bonchev–Trinajstić information content (AvgIpc) is 2.20. The molecule has 88 valence electrons. The molecule has 0 saturated carbocycles. The predicted molar refractivity (Wildman–Crippen MR) is 73.5 cm³/mol. The number of halogens is 2. The second kappa shape index (κ2) is 5.10. The van der Waals surface area contributed by atoms with Gasteiger partial charge in [-0.25, -0.2) is 4.39 Å². The Kier molecular flexibility index (Phi) is 4.27. The summed E-state index contributed by atoms with van der Waals surface area (Å²) in [5.74, 6) is -0.332. The zero-order valence-corrected chi connectivity index (χ0v) is 11.8. The average molecular weight is 305 g/mol. The maximum atomic E-state index is 14.0. The Morgan fingerprint density at radius 3 is 2.50 bits per heavy atom. The van der Waals surface area contributed by atoms with E-state index in [9.17, 15) is 4.39 Å². The zero-order chi connectivity index (χ0) is 12.5. The Balaban J connectivity index is 3.27. The van der Waals surface area contributed by atoms with Crippen molar-refractivity contribution in [3.05, 3.63) is 28.0 Å². The second-order valence-electron chi connectivity index (χ2n) is 3.83. The van der Waals surface area contributed by atoms with Gasteiger partial charge in [-0.05, 0) is 41.9 Å². The molecule has 0 aliphatic carbocycles. The first-order valence-electron chi connectivity index (χ1n) is 4.87. The highest BCUT2D eigenvalue weighted by atomic mass is 79.9. The second-order valence-corrected chi connectivity index (χ2v) is 5.06. The van der Waals surface area contributed by atoms with Crippen LogP contribution in [0.5, 0.6) is 0 Å². The van der Waals surface area contributed by atoms with Gasteiger partial charge in [0.15, 0.2) is 5.82 Å². The molecule has 0 amide bonds. The maximum Gasteiger partial charge on any atom is 0.161 e. The van der Waals surface area contributed by atoms with Crippen molar-refractivity contribution in [1.29, 1.82) is 0 Å². The molecule has 0 heterocycles. The lowest BCUT2D eigenvalue weighted by Crippen LogP contribution is -2.27. The molecule has 1 aromatic carbocycles. The molecule has 0 atom stereocenters. The van der Waals surface area contributed by atoms with Crippen LogP contribution in [0.25, 0.3) is 0 Å². The molecule has 0 spiro atoms. The number of thiocarbonyl (C=S) groups is 1. The summed E-state index contributed by atoms with van der Waals surface area (Å²) in [6, 6.07) is 3.63. The molecule has 1 rings (SSSR count). The highest BCUT2D eigenvalue weighted by Gasteiger charge is 2.16. The van der Waals surface area contributed by atoms with Gasteiger partial charge < -0.3 is 10.6 Å². The molecule has 2 nitrogen and oxygen atoms in total. The number of hydrogen-bond acceptors (Lipinski definition) is 2. The summed E-state index contributed by atoms with van der Waals surface area (Å²) in [5, 5.41) is 0. The van der Waals surface area contributed by atoms with Gasteiger partial charge >= 0.3 is 0 Å². The predicted octanol–water partition coefficient (Wildman–Crippen LogP) is 3.07. The van der Waals surface area contributed by atoms with Crippen molar-refractivity contribution in [2.24, 2.45) is 5.73 Å². The van der Waals surface area contributed by atoms with Crippen molar-refractivity contribution in [2.75, 3.05) is 11.9 Å². The van der Waals surface area contributed by atoms with E-state index in [0.717, 1.165) is 0 Å². The maximum absolute atomic E-state index is 14.0. The first kappa shape index (κ1) is 13.4. The van der Waals surface area contributed by atoms with Gasteiger partial charge in [-0.1, -0.05) is 12.2 Å². The van der Waals surface area contributed by atoms with Gasteiger partial charge in [-0.3, -0.25) is 0 Å². The SMILES string of the molecule is CC(C)N(C)c1ccc(C(N)=S)c(Br)c1F. The third-order valence-corrected chi connectivity index (χ3v) is 3.48. The minimum Gasteiger partial charge on any atom is -0.389 e. The Morgan fingerprint density at radius 1 is 1.50 bits per heavy atom. The number of rotatable bonds is 3. The van der Waals surface area contributed by atoms with Crippen LogP contribution >= 0.6 is 28.1 Å². The van der Waals surface area contributed by atoms with Crippen LogP contribution in [0.1, 0.15) is 19.4 Å². The molecule has 0 aliphatic heterocycles. The van der Waals surface area contributed by atoms with E-state index in [4.69, 9.17) is 18.0 Å². The van der Waals surface area contributed by atoms with E-state index in [2.05, 4.69) is 15.9 Å². The molecule has 0 bridgehead atoms. The topological polar surface area (TPSA) is 29.3 Å². The van der Waals surface area contributed by atoms with Gasteiger partial charge in [0.2, 0.25) is 0 Å². The molecule has 5 heteroatoms. The summed E-state index contributed by atoms with van der Waals surface area (Å²) in [4.78, 5) is 2.04. The lowest BCUT2D eigenvalue weighted by Gasteiger charge is -2.25. The number of nitrogens with two attached hydrogens (primary N) is 1. The van der Waals surface area contributed by atoms with E-state index in [0.29, 0.717) is 15.7 Å². The van der Waals surface area contributed by atoms with Crippen molar-refractivity contribution in [2.45, 2.75) is 19.9 Å². The van der Waals surface area contributed by atoms with Crippen LogP contribution in [0.2, 0.25) is 0 Å². The van der Waals surface area contributed by atoms with Crippen molar-refractivity contribution in [3.63, 3.8) is 0 Å². The summed E-state index contributed by atoms with van der Waals surface area (Å²) in [5.41, 5.74) is 6.54. The van der Waals surface area contributed by atoms with Gasteiger partial charge in [0.25, 0.3) is 0 Å². The molecular weight excluding hydrogens is 291 g/mol. The van der Waals surface area contributed by atoms with Gasteiger partial charge in [0, 0.05) is 18.7 Å². The van der Waals surface area contributed by atoms with E-state index >= 15 is 0 Å². The highest BCUT2D eigenvalue weighted by Crippen LogP contribution is 2.29. The van der Waals surface area contributed by atoms with E-state index in [1.807, 2.05) is 25.8 Å². The summed E-state index contributed by atoms with van der Waals surface area (Å²) in [6.45, 7) is 3.99. The van der Waals surface area contributed by atoms with E-state index < -0.39 is 0 Å². The number of hydrogen-bond donors (Lipinski definition) is 1. The van der Waals surface area contributed by atoms with Crippen molar-refractivity contribution >= 4 is 38.8 Å². The summed E-state index contributed by atoms with van der Waals surface area (Å²) < 4.78 is 14.4. The molecule has 2 N–H and O–H groups in total. The third kappa shape index (κ3) is 2.52. The first-order valence-corrected chi connectivity index (χ1v) is 6.07. The Labute approximate surface area is 109 Å². The van der Waals surface area contributed by atoms with Crippen LogP contribution in [0.15, 0.2) is 16.6 Å². The third-order valence-electron chi connectivity index (χ3n) is 2.48. The summed E-state index contributed by atoms with van der Waals surface area (Å²) in [7, 11) is 1.84. The fourth-order valence-corrected chi connectivity index (χ4v) is 2.13. The van der Waals surface area contributed by atoms with Gasteiger partial charge in [-0.15, -0.1) is 0 Å². The van der Waals surface area contributed by atoms with E-state index in [1.165, 1.54) is 0 Å². The molecule has 0 aromatic heterocycles. The lowest BCUT2D eigenvalue weighted by molar-refractivity contribution is 0.607. The van der Waals surface area contributed by atoms with Crippen molar-refractivity contribution in [1.82, 2.24) is 0 Å². The van der Waals surface area contributed by atoms with Crippen molar-refractivity contribution < 1.29 is 4.39 Å². The number of anilines is 1. The molecule has 1 aromatic rings. The molecular formula is C11H14BrFN2S. The largest absolute Gasteiger partial charge is 0.389 e. The van der Waals surface area contributed by atoms with Gasteiger partial charge in [0.1, 0.15) is 4.99 Å². The summed E-state index contributed by atoms with van der Waals surface area (Å²) in [6.07, 6.45) is 0. The number of benzene rings is 1. The van der Waals surface area contributed by atoms with Gasteiger partial charge in [-0.2, -0.15) is 0 Å². The van der Waals surface area contributed by atoms with Crippen LogP contribution < -0.4 is 10.6 Å². The highest BCUT2D eigenvalue weighted by molar-refractivity contribution is 9.10. The van der Waals surface area contributed by atoms with Gasteiger partial charge in [0.05, 0.1) is 10.2 Å². The first-order chi connectivity index (χ1) is 7.36. The standard InChI is InChI=1S/C11H14BrFN2S/c1-6(2)15(3)8-5-4-7(11(14)16)9(12)10(8)13/h4-6H,1-3H3,(H2,14,16). The lowest BCUT2D eigenvalue weighted by atomic mass is 10.1. The zero-order valence-electron chi connectivity index (χ0n) is 9.42. The summed E-state index contributed by atoms with van der Waals surface area (Å²) >= 11 is 8.02. The Bertz CT molecular complexity index is 421. The molecule has 16 heavy (non-hydrogen) atoms. The Morgan fingerprint density at radius 2 is 2.06 bits per heavy atom. The Hall–Kier alpha value is -0.680. The molecule has 0 fully saturated rings. The van der Waals surface area contributed by atoms with E-state index in [-0.39, 0.29) is 16.8 Å². The smallest absolute Gasteiger partial charge is 0.161 e. The minimum absolute atomic E-state index is 0.185. The van der Waals surface area contributed by atoms with E-state index in [1.54, 1.807) is 12.1 Å². The van der Waals surface area contributed by atoms with Crippen LogP contribution in [-0.4, -0.2) is 18.1 Å². The molecule has 0 saturated heterocycles. The van der Waals surface area contributed by atoms with Crippen LogP contribution in [-0.2, 0) is 0 Å². The molecule has 0 aliphatic rings. The van der Waals surface area contributed by atoms with Crippen LogP contribution in [0.4, 0.5) is 10.1 Å². The minimum atomic E-state index is -0.332. The van der Waals surface area contributed by atoms with Crippen LogP contribution in [0.3, 0.4) is 0 Å². The normalized spacial score (nSPS) is 10.6. The molecule has 0 unspecified atom stereocenters. The number of nitrogens with zero attached hydrogens (tertiary/aromatic N) is 1. The quantitative estimate of drug-likeness (QED) is 0.870. The van der Waals surface area contributed by atoms with Crippen LogP contribution in [0, 0.1) is 5.82 Å². The fourth-order valence-electron chi connectivity index (χ4n) is 1.28. The molecule has 0 radical (unpaired) electrons. The fraction of sp³-hybridized carbons (Fsp3) is 0.364. The van der Waals surface area contributed by atoms with Crippen molar-refractivity contribution in [3.8, 4) is 0 Å². The monoisotopic (exact) mass is 304 g/mol.